The van der Waals surface area contributed by atoms with Crippen molar-refractivity contribution >= 4 is 18.5 Å². The molecule has 0 aliphatic carbocycles. The molecule has 3 rings (SSSR count). The van der Waals surface area contributed by atoms with Crippen LogP contribution in [0, 0.1) is 0 Å². The van der Waals surface area contributed by atoms with Crippen LogP contribution in [0.25, 0.3) is 0 Å². The molecular weight excluding hydrogens is 298 g/mol. The second-order valence-corrected chi connectivity index (χ2v) is 5.82. The number of fused-ring (bicyclic) bond motifs is 1. The predicted octanol–water partition coefficient (Wildman–Crippen LogP) is 2.64. The highest BCUT2D eigenvalue weighted by Gasteiger charge is 2.21. The van der Waals surface area contributed by atoms with Crippen LogP contribution >= 0.6 is 12.6 Å². The smallest absolute Gasteiger partial charge is 0.260 e. The van der Waals surface area contributed by atoms with Gasteiger partial charge in [0.1, 0.15) is 11.5 Å². The van der Waals surface area contributed by atoms with E-state index in [0.29, 0.717) is 18.8 Å². The van der Waals surface area contributed by atoms with Crippen LogP contribution in [0.5, 0.6) is 11.5 Å². The summed E-state index contributed by atoms with van der Waals surface area (Å²) in [7, 11) is 0. The predicted molar refractivity (Wildman–Crippen MR) is 86.4 cm³/mol. The van der Waals surface area contributed by atoms with Gasteiger partial charge in [0.05, 0.1) is 0 Å². The molecule has 0 aromatic heterocycles. The minimum absolute atomic E-state index is 0.000669. The molecule has 2 aromatic carbocycles. The lowest BCUT2D eigenvalue weighted by Crippen LogP contribution is -2.38. The van der Waals surface area contributed by atoms with Crippen LogP contribution in [0.4, 0.5) is 0 Å². The monoisotopic (exact) mass is 315 g/mol. The van der Waals surface area contributed by atoms with Crippen molar-refractivity contribution in [3.05, 3.63) is 53.6 Å². The van der Waals surface area contributed by atoms with Crippen LogP contribution < -0.4 is 4.74 Å². The van der Waals surface area contributed by atoms with Crippen molar-refractivity contribution < 1.29 is 14.6 Å². The summed E-state index contributed by atoms with van der Waals surface area (Å²) in [6.07, 6.45) is 0.855. The Morgan fingerprint density at radius 3 is 2.73 bits per heavy atom. The number of carbonyl (C=O) groups excluding carboxylic acids is 1. The Kier molecular flexibility index (Phi) is 4.24. The van der Waals surface area contributed by atoms with Gasteiger partial charge < -0.3 is 14.7 Å². The highest BCUT2D eigenvalue weighted by Crippen LogP contribution is 2.22. The molecule has 4 nitrogen and oxygen atoms in total. The number of nitrogens with zero attached hydrogens (tertiary/aromatic N) is 1. The number of aromatic hydroxyl groups is 1. The van der Waals surface area contributed by atoms with Gasteiger partial charge in [-0.1, -0.05) is 6.07 Å². The lowest BCUT2D eigenvalue weighted by molar-refractivity contribution is -0.134. The SMILES string of the molecule is O=C(COc1ccc(O)cc1)N1CCc2ccc(S)cc2C1. The fourth-order valence-electron chi connectivity index (χ4n) is 2.54. The van der Waals surface area contributed by atoms with Gasteiger partial charge in [0.2, 0.25) is 0 Å². The summed E-state index contributed by atoms with van der Waals surface area (Å²) in [5.41, 5.74) is 2.43. The lowest BCUT2D eigenvalue weighted by atomic mass is 10.00. The number of rotatable bonds is 3. The normalized spacial score (nSPS) is 13.6. The van der Waals surface area contributed by atoms with Gasteiger partial charge in [0.15, 0.2) is 6.61 Å². The molecule has 0 saturated heterocycles. The molecule has 0 radical (unpaired) electrons. The third-order valence-electron chi connectivity index (χ3n) is 3.75. The molecule has 22 heavy (non-hydrogen) atoms. The zero-order chi connectivity index (χ0) is 15.5. The zero-order valence-electron chi connectivity index (χ0n) is 12.0. The molecule has 0 saturated carbocycles. The second-order valence-electron chi connectivity index (χ2n) is 5.30. The molecule has 1 N–H and O–H groups in total. The average molecular weight is 315 g/mol. The van der Waals surface area contributed by atoms with Crippen LogP contribution in [0.2, 0.25) is 0 Å². The van der Waals surface area contributed by atoms with Gasteiger partial charge >= 0.3 is 0 Å². The van der Waals surface area contributed by atoms with E-state index in [0.717, 1.165) is 16.9 Å². The number of thiol groups is 1. The number of hydrogen-bond acceptors (Lipinski definition) is 4. The molecule has 0 fully saturated rings. The van der Waals surface area contributed by atoms with Crippen molar-refractivity contribution in [2.45, 2.75) is 17.9 Å². The van der Waals surface area contributed by atoms with Crippen molar-refractivity contribution in [1.29, 1.82) is 0 Å². The van der Waals surface area contributed by atoms with Crippen molar-refractivity contribution in [2.75, 3.05) is 13.2 Å². The fraction of sp³-hybridized carbons (Fsp3) is 0.235. The summed E-state index contributed by atoms with van der Waals surface area (Å²) in [6, 6.07) is 12.4. The summed E-state index contributed by atoms with van der Waals surface area (Å²) >= 11 is 4.35. The van der Waals surface area contributed by atoms with Crippen molar-refractivity contribution in [2.24, 2.45) is 0 Å². The Morgan fingerprint density at radius 1 is 1.18 bits per heavy atom. The van der Waals surface area contributed by atoms with Crippen LogP contribution in [-0.4, -0.2) is 29.1 Å². The summed E-state index contributed by atoms with van der Waals surface area (Å²) in [4.78, 5) is 15.0. The van der Waals surface area contributed by atoms with Crippen molar-refractivity contribution in [3.63, 3.8) is 0 Å². The Labute approximate surface area is 134 Å². The number of benzene rings is 2. The number of phenols is 1. The second kappa shape index (κ2) is 6.32. The standard InChI is InChI=1S/C17H17NO3S/c19-14-2-4-15(5-3-14)21-11-17(20)18-8-7-12-1-6-16(22)9-13(12)10-18/h1-6,9,19,22H,7-8,10-11H2. The molecule has 1 heterocycles. The van der Waals surface area contributed by atoms with E-state index in [-0.39, 0.29) is 18.3 Å². The van der Waals surface area contributed by atoms with Crippen molar-refractivity contribution in [3.8, 4) is 11.5 Å². The molecule has 2 aromatic rings. The first kappa shape index (κ1) is 14.8. The zero-order valence-corrected chi connectivity index (χ0v) is 12.9. The van der Waals surface area contributed by atoms with E-state index in [1.54, 1.807) is 17.0 Å². The Bertz CT molecular complexity index is 685. The summed E-state index contributed by atoms with van der Waals surface area (Å²) in [5.74, 6) is 0.707. The van der Waals surface area contributed by atoms with Gasteiger partial charge in [-0.2, -0.15) is 0 Å². The van der Waals surface area contributed by atoms with E-state index < -0.39 is 0 Å². The van der Waals surface area contributed by atoms with E-state index in [4.69, 9.17) is 4.74 Å². The largest absolute Gasteiger partial charge is 0.508 e. The molecular formula is C17H17NO3S. The van der Waals surface area contributed by atoms with Crippen LogP contribution in [-0.2, 0) is 17.8 Å². The molecule has 0 spiro atoms. The molecule has 0 bridgehead atoms. The number of phenolic OH excluding ortho intramolecular Hbond substituents is 1. The maximum Gasteiger partial charge on any atom is 0.260 e. The van der Waals surface area contributed by atoms with Crippen LogP contribution in [0.1, 0.15) is 11.1 Å². The quantitative estimate of drug-likeness (QED) is 0.856. The maximum absolute atomic E-state index is 12.3. The number of carbonyl (C=O) groups is 1. The highest BCUT2D eigenvalue weighted by molar-refractivity contribution is 7.80. The molecule has 1 amide bonds. The van der Waals surface area contributed by atoms with Gasteiger partial charge in [-0.05, 0) is 53.9 Å². The number of amides is 1. The van der Waals surface area contributed by atoms with E-state index in [9.17, 15) is 9.90 Å². The van der Waals surface area contributed by atoms with E-state index in [1.807, 2.05) is 12.1 Å². The van der Waals surface area contributed by atoms with E-state index >= 15 is 0 Å². The number of hydrogen-bond donors (Lipinski definition) is 2. The van der Waals surface area contributed by atoms with E-state index in [1.165, 1.54) is 17.7 Å². The summed E-state index contributed by atoms with van der Waals surface area (Å²) in [6.45, 7) is 1.30. The first-order chi connectivity index (χ1) is 10.6. The summed E-state index contributed by atoms with van der Waals surface area (Å²) in [5, 5.41) is 9.22. The fourth-order valence-corrected chi connectivity index (χ4v) is 2.77. The first-order valence-electron chi connectivity index (χ1n) is 7.12. The first-order valence-corrected chi connectivity index (χ1v) is 7.57. The minimum atomic E-state index is -0.0386. The Morgan fingerprint density at radius 2 is 1.95 bits per heavy atom. The molecule has 114 valence electrons. The Balaban J connectivity index is 1.60. The van der Waals surface area contributed by atoms with Gasteiger partial charge in [0, 0.05) is 18.0 Å². The topological polar surface area (TPSA) is 49.8 Å². The van der Waals surface area contributed by atoms with Gasteiger partial charge in [0.25, 0.3) is 5.91 Å². The van der Waals surface area contributed by atoms with Gasteiger partial charge in [-0.15, -0.1) is 12.6 Å². The molecule has 0 atom stereocenters. The third-order valence-corrected chi connectivity index (χ3v) is 4.03. The van der Waals surface area contributed by atoms with Crippen molar-refractivity contribution in [1.82, 2.24) is 4.90 Å². The van der Waals surface area contributed by atoms with Gasteiger partial charge in [-0.3, -0.25) is 4.79 Å². The van der Waals surface area contributed by atoms with Gasteiger partial charge in [-0.25, -0.2) is 0 Å². The number of ether oxygens (including phenoxy) is 1. The Hall–Kier alpha value is -2.14. The molecule has 5 heteroatoms. The average Bonchev–Trinajstić information content (AvgIpc) is 2.53. The summed E-state index contributed by atoms with van der Waals surface area (Å²) < 4.78 is 5.47. The third kappa shape index (κ3) is 3.36. The molecule has 1 aliphatic heterocycles. The maximum atomic E-state index is 12.3. The highest BCUT2D eigenvalue weighted by atomic mass is 32.1. The van der Waals surface area contributed by atoms with E-state index in [2.05, 4.69) is 18.7 Å². The lowest BCUT2D eigenvalue weighted by Gasteiger charge is -2.29. The molecule has 0 unspecified atom stereocenters. The van der Waals surface area contributed by atoms with Crippen LogP contribution in [0.3, 0.4) is 0 Å². The van der Waals surface area contributed by atoms with Crippen LogP contribution in [0.15, 0.2) is 47.4 Å². The molecule has 1 aliphatic rings. The minimum Gasteiger partial charge on any atom is -0.508 e.